The van der Waals surface area contributed by atoms with Crippen LogP contribution in [0.1, 0.15) is 42.9 Å². The average Bonchev–Trinajstić information content (AvgIpc) is 3.44. The quantitative estimate of drug-likeness (QED) is 0.282. The summed E-state index contributed by atoms with van der Waals surface area (Å²) in [6.45, 7) is -1.93. The van der Waals surface area contributed by atoms with Gasteiger partial charge in [-0.25, -0.2) is 0 Å². The fourth-order valence-corrected chi connectivity index (χ4v) is 4.37. The molecule has 0 bridgehead atoms. The van der Waals surface area contributed by atoms with E-state index in [-0.39, 0.29) is 28.0 Å². The van der Waals surface area contributed by atoms with Crippen LogP contribution in [0.4, 0.5) is 8.78 Å². The molecule has 1 saturated heterocycles. The Morgan fingerprint density at radius 1 is 1.18 bits per heavy atom. The maximum absolute atomic E-state index is 12.9. The van der Waals surface area contributed by atoms with Crippen LogP contribution in [0.5, 0.6) is 11.5 Å². The van der Waals surface area contributed by atoms with E-state index in [1.54, 1.807) is 0 Å². The number of nitrogens with zero attached hydrogens (tertiary/aromatic N) is 1. The number of aromatic nitrogens is 1. The van der Waals surface area contributed by atoms with Crippen LogP contribution in [0.25, 0.3) is 0 Å². The van der Waals surface area contributed by atoms with Crippen LogP contribution in [0.2, 0.25) is 10.0 Å². The van der Waals surface area contributed by atoms with Crippen molar-refractivity contribution in [3.05, 3.63) is 57.0 Å². The molecule has 7 nitrogen and oxygen atoms in total. The van der Waals surface area contributed by atoms with Crippen molar-refractivity contribution < 1.29 is 32.5 Å². The number of carbonyl (C=O) groups is 1. The number of rotatable bonds is 10. The van der Waals surface area contributed by atoms with E-state index in [1.807, 2.05) is 0 Å². The van der Waals surface area contributed by atoms with E-state index in [0.717, 1.165) is 31.7 Å². The third kappa shape index (κ3) is 6.40. The molecule has 1 saturated carbocycles. The van der Waals surface area contributed by atoms with Gasteiger partial charge in [-0.3, -0.25) is 4.79 Å². The number of hydrogen-bond acceptors (Lipinski definition) is 6. The molecule has 2 aliphatic rings. The lowest BCUT2D eigenvalue weighted by Gasteiger charge is -2.23. The van der Waals surface area contributed by atoms with Gasteiger partial charge in [-0.1, -0.05) is 29.3 Å². The monoisotopic (exact) mass is 516 g/mol. The zero-order chi connectivity index (χ0) is 24.2. The first-order chi connectivity index (χ1) is 16.3. The van der Waals surface area contributed by atoms with Crippen molar-refractivity contribution in [1.29, 1.82) is 0 Å². The predicted molar refractivity (Wildman–Crippen MR) is 120 cm³/mol. The van der Waals surface area contributed by atoms with Crippen molar-refractivity contribution in [2.45, 2.75) is 50.9 Å². The number of ether oxygens (including phenoxy) is 3. The Kier molecular flexibility index (Phi) is 7.95. The minimum absolute atomic E-state index is 0.0636. The molecular formula is C23H24Cl2F2N2O5. The van der Waals surface area contributed by atoms with E-state index in [9.17, 15) is 18.8 Å². The minimum atomic E-state index is -3.02. The second kappa shape index (κ2) is 10.9. The summed E-state index contributed by atoms with van der Waals surface area (Å²) in [5.41, 5.74) is 0.908. The van der Waals surface area contributed by atoms with E-state index in [4.69, 9.17) is 32.7 Å². The summed E-state index contributed by atoms with van der Waals surface area (Å²) in [5.74, 6) is -0.0405. The summed E-state index contributed by atoms with van der Waals surface area (Å²) in [4.78, 5) is 12.8. The van der Waals surface area contributed by atoms with Gasteiger partial charge in [-0.05, 0) is 55.8 Å². The van der Waals surface area contributed by atoms with Crippen LogP contribution < -0.4 is 19.5 Å². The first kappa shape index (κ1) is 24.8. The molecule has 1 aromatic carbocycles. The van der Waals surface area contributed by atoms with Gasteiger partial charge in [-0.2, -0.15) is 13.5 Å². The first-order valence-corrected chi connectivity index (χ1v) is 11.8. The summed E-state index contributed by atoms with van der Waals surface area (Å²) < 4.78 is 42.5. The molecular weight excluding hydrogens is 493 g/mol. The third-order valence-electron chi connectivity index (χ3n) is 5.78. The van der Waals surface area contributed by atoms with Crippen molar-refractivity contribution in [3.63, 3.8) is 0 Å². The van der Waals surface area contributed by atoms with Gasteiger partial charge in [0.2, 0.25) is 0 Å². The van der Waals surface area contributed by atoms with Crippen LogP contribution in [0.15, 0.2) is 30.6 Å². The fraction of sp³-hybridized carbons (Fsp3) is 0.478. The zero-order valence-electron chi connectivity index (χ0n) is 18.1. The summed E-state index contributed by atoms with van der Waals surface area (Å²) in [6.07, 6.45) is 5.04. The van der Waals surface area contributed by atoms with Gasteiger partial charge < -0.3 is 24.7 Å². The normalized spacial score (nSPS) is 18.7. The van der Waals surface area contributed by atoms with Crippen molar-refractivity contribution in [1.82, 2.24) is 5.32 Å². The summed E-state index contributed by atoms with van der Waals surface area (Å²) >= 11 is 12.5. The molecule has 2 fully saturated rings. The minimum Gasteiger partial charge on any atom is -0.619 e. The lowest BCUT2D eigenvalue weighted by Crippen LogP contribution is -2.33. The van der Waals surface area contributed by atoms with E-state index >= 15 is 0 Å². The lowest BCUT2D eigenvalue weighted by atomic mass is 10.0. The maximum atomic E-state index is 12.9. The highest BCUT2D eigenvalue weighted by atomic mass is 35.5. The average molecular weight is 517 g/mol. The Bertz CT molecular complexity index is 1010. The number of halogens is 4. The highest BCUT2D eigenvalue weighted by Crippen LogP contribution is 2.38. The van der Waals surface area contributed by atoms with Crippen LogP contribution in [0, 0.1) is 11.1 Å². The number of benzene rings is 1. The summed E-state index contributed by atoms with van der Waals surface area (Å²) in [6, 6.07) is 3.97. The number of alkyl halides is 2. The molecule has 184 valence electrons. The third-order valence-corrected chi connectivity index (χ3v) is 6.43. The van der Waals surface area contributed by atoms with Gasteiger partial charge in [0.1, 0.15) is 22.2 Å². The van der Waals surface area contributed by atoms with E-state index < -0.39 is 24.7 Å². The van der Waals surface area contributed by atoms with E-state index in [1.165, 1.54) is 18.2 Å². The number of nitrogens with one attached hydrogen (secondary N) is 1. The van der Waals surface area contributed by atoms with Gasteiger partial charge in [0.15, 0.2) is 23.9 Å². The molecule has 1 unspecified atom stereocenters. The van der Waals surface area contributed by atoms with Crippen LogP contribution in [-0.4, -0.2) is 31.8 Å². The Morgan fingerprint density at radius 3 is 2.53 bits per heavy atom. The molecule has 0 spiro atoms. The van der Waals surface area contributed by atoms with Crippen LogP contribution >= 0.6 is 23.2 Å². The molecule has 0 radical (unpaired) electrons. The molecule has 1 aromatic heterocycles. The van der Waals surface area contributed by atoms with Gasteiger partial charge in [0, 0.05) is 12.0 Å². The predicted octanol–water partition coefficient (Wildman–Crippen LogP) is 4.60. The molecule has 2 atom stereocenters. The van der Waals surface area contributed by atoms with Crippen molar-refractivity contribution in [2.24, 2.45) is 5.92 Å². The van der Waals surface area contributed by atoms with Gasteiger partial charge >= 0.3 is 12.6 Å². The molecule has 2 aromatic rings. The van der Waals surface area contributed by atoms with Gasteiger partial charge in [0.05, 0.1) is 6.61 Å². The second-order valence-electron chi connectivity index (χ2n) is 8.41. The summed E-state index contributed by atoms with van der Waals surface area (Å²) in [7, 11) is 0. The highest BCUT2D eigenvalue weighted by Gasteiger charge is 2.30. The standard InChI is InChI=1S/C23H24Cl2F2N2O5/c24-16-10-29(31)11-17(25)15(16)9-20(33-22(30)18-2-1-7-28-18)14-5-6-19(34-23(26)27)21(8-14)32-12-13-3-4-13/h5-6,8,10-11,13,18,20,23,28H,1-4,7,9,12H2/t18-,20?/m0/s1. The second-order valence-corrected chi connectivity index (χ2v) is 9.22. The van der Waals surface area contributed by atoms with Gasteiger partial charge in [0.25, 0.3) is 0 Å². The number of carbonyl (C=O) groups excluding carboxylic acids is 1. The first-order valence-electron chi connectivity index (χ1n) is 11.0. The topological polar surface area (TPSA) is 83.7 Å². The van der Waals surface area contributed by atoms with Crippen molar-refractivity contribution in [3.8, 4) is 11.5 Å². The van der Waals surface area contributed by atoms with Crippen molar-refractivity contribution in [2.75, 3.05) is 13.2 Å². The maximum Gasteiger partial charge on any atom is 0.387 e. The molecule has 1 aliphatic carbocycles. The zero-order valence-corrected chi connectivity index (χ0v) is 19.7. The van der Waals surface area contributed by atoms with Crippen LogP contribution in [0.3, 0.4) is 0 Å². The van der Waals surface area contributed by atoms with E-state index in [0.29, 0.717) is 41.3 Å². The SMILES string of the molecule is O=C(OC(Cc1c(Cl)c[n+]([O-])cc1Cl)c1ccc(OC(F)F)c(OCC2CC2)c1)[C@@H]1CCCN1. The Hall–Kier alpha value is -2.36. The molecule has 0 amide bonds. The molecule has 1 N–H and O–H groups in total. The molecule has 2 heterocycles. The molecule has 34 heavy (non-hydrogen) atoms. The molecule has 1 aliphatic heterocycles. The fourth-order valence-electron chi connectivity index (χ4n) is 3.77. The number of hydrogen-bond donors (Lipinski definition) is 1. The number of pyridine rings is 1. The van der Waals surface area contributed by atoms with E-state index in [2.05, 4.69) is 10.1 Å². The molecule has 4 rings (SSSR count). The number of esters is 1. The Balaban J connectivity index is 1.65. The Labute approximate surface area is 205 Å². The van der Waals surface area contributed by atoms with Crippen molar-refractivity contribution >= 4 is 29.2 Å². The Morgan fingerprint density at radius 2 is 1.91 bits per heavy atom. The largest absolute Gasteiger partial charge is 0.619 e. The van der Waals surface area contributed by atoms with Crippen LogP contribution in [-0.2, 0) is 16.0 Å². The summed E-state index contributed by atoms with van der Waals surface area (Å²) in [5, 5.41) is 15.0. The van der Waals surface area contributed by atoms with Gasteiger partial charge in [-0.15, -0.1) is 0 Å². The molecule has 11 heteroatoms. The smallest absolute Gasteiger partial charge is 0.387 e. The highest BCUT2D eigenvalue weighted by molar-refractivity contribution is 6.35. The lowest BCUT2D eigenvalue weighted by molar-refractivity contribution is -0.605.